The molecular weight excluding hydrogens is 443 g/mol. The molecule has 0 aliphatic heterocycles. The molecule has 0 atom stereocenters. The fourth-order valence-corrected chi connectivity index (χ4v) is 4.59. The molecule has 0 radical (unpaired) electrons. The van der Waals surface area contributed by atoms with Gasteiger partial charge < -0.3 is 10.1 Å². The average Bonchev–Trinajstić information content (AvgIpc) is 2.81. The van der Waals surface area contributed by atoms with E-state index in [0.29, 0.717) is 5.75 Å². The van der Waals surface area contributed by atoms with Crippen molar-refractivity contribution in [2.24, 2.45) is 0 Å². The van der Waals surface area contributed by atoms with Crippen molar-refractivity contribution < 1.29 is 22.3 Å². The quantitative estimate of drug-likeness (QED) is 0.453. The number of benzene rings is 3. The normalized spacial score (nSPS) is 11.1. The molecule has 8 heteroatoms. The number of halogens is 1. The number of nitrogens with zero attached hydrogens (tertiary/aromatic N) is 1. The summed E-state index contributed by atoms with van der Waals surface area (Å²) < 4.78 is 47.4. The molecule has 3 aromatic carbocycles. The molecule has 0 spiro atoms. The molecule has 0 unspecified atom stereocenters. The van der Waals surface area contributed by atoms with E-state index in [0.717, 1.165) is 22.4 Å². The van der Waals surface area contributed by atoms with Gasteiger partial charge >= 0.3 is 0 Å². The summed E-state index contributed by atoms with van der Waals surface area (Å²) in [5.74, 6) is -0.630. The van der Waals surface area contributed by atoms with Gasteiger partial charge in [-0.1, -0.05) is 48.9 Å². The van der Waals surface area contributed by atoms with Gasteiger partial charge in [-0.15, -0.1) is 0 Å². The topological polar surface area (TPSA) is 75.7 Å². The molecule has 3 aromatic rings. The number of ether oxygens (including phenoxy) is 1. The molecule has 1 N–H and O–H groups in total. The highest BCUT2D eigenvalue weighted by Gasteiger charge is 2.29. The molecule has 0 heterocycles. The van der Waals surface area contributed by atoms with Crippen LogP contribution in [0, 0.1) is 12.7 Å². The summed E-state index contributed by atoms with van der Waals surface area (Å²) in [6.45, 7) is 3.71. The molecule has 0 aromatic heterocycles. The maximum Gasteiger partial charge on any atom is 0.264 e. The fourth-order valence-electron chi connectivity index (χ4n) is 3.16. The molecule has 3 rings (SSSR count). The summed E-state index contributed by atoms with van der Waals surface area (Å²) >= 11 is 0. The number of para-hydroxylation sites is 1. The number of aryl methyl sites for hydroxylation is 2. The van der Waals surface area contributed by atoms with Gasteiger partial charge in [0.2, 0.25) is 5.91 Å². The third kappa shape index (κ3) is 6.32. The summed E-state index contributed by atoms with van der Waals surface area (Å²) in [4.78, 5) is 12.5. The minimum absolute atomic E-state index is 0.0250. The smallest absolute Gasteiger partial charge is 0.264 e. The minimum atomic E-state index is -4.17. The predicted molar refractivity (Wildman–Crippen MR) is 126 cm³/mol. The maximum absolute atomic E-state index is 14.5. The van der Waals surface area contributed by atoms with Crippen LogP contribution in [0.4, 0.5) is 10.1 Å². The van der Waals surface area contributed by atoms with E-state index in [1.165, 1.54) is 35.9 Å². The van der Waals surface area contributed by atoms with Crippen LogP contribution in [0.1, 0.15) is 18.1 Å². The second-order valence-corrected chi connectivity index (χ2v) is 9.33. The lowest BCUT2D eigenvalue weighted by Gasteiger charge is -2.24. The lowest BCUT2D eigenvalue weighted by molar-refractivity contribution is -0.119. The molecule has 0 bridgehead atoms. The van der Waals surface area contributed by atoms with Gasteiger partial charge in [-0.05, 0) is 55.3 Å². The van der Waals surface area contributed by atoms with E-state index in [1.807, 2.05) is 31.2 Å². The van der Waals surface area contributed by atoms with Gasteiger partial charge in [-0.25, -0.2) is 12.8 Å². The zero-order valence-corrected chi connectivity index (χ0v) is 19.4. The van der Waals surface area contributed by atoms with Crippen molar-refractivity contribution in [3.05, 3.63) is 89.7 Å². The Morgan fingerprint density at radius 1 is 1.00 bits per heavy atom. The number of nitrogens with one attached hydrogen (secondary N) is 1. The predicted octanol–water partition coefficient (Wildman–Crippen LogP) is 4.09. The average molecular weight is 471 g/mol. The van der Waals surface area contributed by atoms with Crippen LogP contribution in [0.2, 0.25) is 0 Å². The van der Waals surface area contributed by atoms with E-state index >= 15 is 0 Å². The highest BCUT2D eigenvalue weighted by atomic mass is 32.2. The molecule has 0 saturated carbocycles. The molecule has 33 heavy (non-hydrogen) atoms. The molecule has 0 saturated heterocycles. The van der Waals surface area contributed by atoms with Crippen LogP contribution in [0.25, 0.3) is 0 Å². The number of hydrogen-bond acceptors (Lipinski definition) is 4. The highest BCUT2D eigenvalue weighted by molar-refractivity contribution is 7.92. The zero-order valence-electron chi connectivity index (χ0n) is 18.6. The highest BCUT2D eigenvalue weighted by Crippen LogP contribution is 2.26. The SMILES string of the molecule is CCc1ccc(OCCNC(=O)CN(c2ccccc2F)S(=O)(=O)c2ccc(C)cc2)cc1. The Morgan fingerprint density at radius 3 is 2.30 bits per heavy atom. The van der Waals surface area contributed by atoms with Gasteiger partial charge in [0, 0.05) is 0 Å². The first kappa shape index (κ1) is 24.3. The number of amides is 1. The Bertz CT molecular complexity index is 1180. The van der Waals surface area contributed by atoms with Crippen LogP contribution in [0.5, 0.6) is 5.75 Å². The first-order valence-corrected chi connectivity index (χ1v) is 12.1. The maximum atomic E-state index is 14.5. The van der Waals surface area contributed by atoms with Crippen molar-refractivity contribution in [1.82, 2.24) is 5.32 Å². The number of anilines is 1. The van der Waals surface area contributed by atoms with Gasteiger partial charge in [-0.2, -0.15) is 0 Å². The summed E-state index contributed by atoms with van der Waals surface area (Å²) in [6, 6.07) is 19.3. The van der Waals surface area contributed by atoms with Crippen molar-refractivity contribution in [2.45, 2.75) is 25.2 Å². The molecule has 6 nitrogen and oxygen atoms in total. The molecule has 0 aliphatic rings. The fraction of sp³-hybridized carbons (Fsp3) is 0.240. The van der Waals surface area contributed by atoms with Crippen molar-refractivity contribution in [3.8, 4) is 5.75 Å². The number of carbonyl (C=O) groups is 1. The van der Waals surface area contributed by atoms with Crippen LogP contribution in [-0.4, -0.2) is 34.0 Å². The number of carbonyl (C=O) groups excluding carboxylic acids is 1. The van der Waals surface area contributed by atoms with Crippen LogP contribution in [0.3, 0.4) is 0 Å². The lowest BCUT2D eigenvalue weighted by atomic mass is 10.2. The Kier molecular flexibility index (Phi) is 8.06. The Hall–Kier alpha value is -3.39. The second-order valence-electron chi connectivity index (χ2n) is 7.47. The van der Waals surface area contributed by atoms with Crippen molar-refractivity contribution in [3.63, 3.8) is 0 Å². The molecule has 0 aliphatic carbocycles. The Labute approximate surface area is 194 Å². The molecule has 174 valence electrons. The number of sulfonamides is 1. The van der Waals surface area contributed by atoms with Gasteiger partial charge in [0.25, 0.3) is 10.0 Å². The summed E-state index contributed by atoms with van der Waals surface area (Å²) in [7, 11) is -4.17. The van der Waals surface area contributed by atoms with E-state index < -0.39 is 28.3 Å². The van der Waals surface area contributed by atoms with E-state index in [9.17, 15) is 17.6 Å². The lowest BCUT2D eigenvalue weighted by Crippen LogP contribution is -2.42. The van der Waals surface area contributed by atoms with E-state index in [4.69, 9.17) is 4.74 Å². The summed E-state index contributed by atoms with van der Waals surface area (Å²) in [5, 5.41) is 2.64. The first-order chi connectivity index (χ1) is 15.8. The van der Waals surface area contributed by atoms with Crippen molar-refractivity contribution >= 4 is 21.6 Å². The molecular formula is C25H27FN2O4S. The monoisotopic (exact) mass is 470 g/mol. The largest absolute Gasteiger partial charge is 0.492 e. The second kappa shape index (κ2) is 11.0. The zero-order chi connectivity index (χ0) is 23.8. The minimum Gasteiger partial charge on any atom is -0.492 e. The van der Waals surface area contributed by atoms with Crippen LogP contribution < -0.4 is 14.4 Å². The third-order valence-electron chi connectivity index (χ3n) is 5.04. The standard InChI is InChI=1S/C25H27FN2O4S/c1-3-20-10-12-21(13-11-20)32-17-16-27-25(29)18-28(24-7-5-4-6-23(24)26)33(30,31)22-14-8-19(2)9-15-22/h4-15H,3,16-18H2,1-2H3,(H,27,29). The van der Waals surface area contributed by atoms with Gasteiger partial charge in [-0.3, -0.25) is 9.10 Å². The molecule has 1 amide bonds. The van der Waals surface area contributed by atoms with Crippen molar-refractivity contribution in [1.29, 1.82) is 0 Å². The van der Waals surface area contributed by atoms with Crippen LogP contribution in [-0.2, 0) is 21.2 Å². The van der Waals surface area contributed by atoms with E-state index in [-0.39, 0.29) is 23.7 Å². The Balaban J connectivity index is 1.68. The van der Waals surface area contributed by atoms with Crippen LogP contribution in [0.15, 0.2) is 77.7 Å². The summed E-state index contributed by atoms with van der Waals surface area (Å²) in [6.07, 6.45) is 0.931. The van der Waals surface area contributed by atoms with E-state index in [1.54, 1.807) is 12.1 Å². The third-order valence-corrected chi connectivity index (χ3v) is 6.82. The molecule has 0 fully saturated rings. The number of hydrogen-bond donors (Lipinski definition) is 1. The van der Waals surface area contributed by atoms with Crippen LogP contribution >= 0.6 is 0 Å². The van der Waals surface area contributed by atoms with Gasteiger partial charge in [0.05, 0.1) is 17.1 Å². The van der Waals surface area contributed by atoms with Gasteiger partial charge in [0.15, 0.2) is 0 Å². The summed E-state index contributed by atoms with van der Waals surface area (Å²) in [5.41, 5.74) is 1.88. The first-order valence-electron chi connectivity index (χ1n) is 10.6. The number of rotatable bonds is 10. The van der Waals surface area contributed by atoms with Crippen molar-refractivity contribution in [2.75, 3.05) is 24.0 Å². The Morgan fingerprint density at radius 2 is 1.67 bits per heavy atom. The van der Waals surface area contributed by atoms with Gasteiger partial charge in [0.1, 0.15) is 24.7 Å². The van der Waals surface area contributed by atoms with E-state index in [2.05, 4.69) is 12.2 Å².